The van der Waals surface area contributed by atoms with Gasteiger partial charge in [0.05, 0.1) is 0 Å². The fourth-order valence-electron chi connectivity index (χ4n) is 7.84. The largest absolute Gasteiger partial charge is 0.462 e. The molecule has 0 aromatic carbocycles. The number of rotatable bonds is 55. The van der Waals surface area contributed by atoms with Crippen LogP contribution in [-0.4, -0.2) is 37.2 Å². The fourth-order valence-corrected chi connectivity index (χ4v) is 7.84. The molecule has 0 spiro atoms. The summed E-state index contributed by atoms with van der Waals surface area (Å²) in [5.74, 6) is -1.03. The highest BCUT2D eigenvalue weighted by Gasteiger charge is 2.19. The van der Waals surface area contributed by atoms with Gasteiger partial charge in [-0.25, -0.2) is 0 Å². The second kappa shape index (κ2) is 66.8. The maximum Gasteiger partial charge on any atom is 0.306 e. The van der Waals surface area contributed by atoms with Crippen LogP contribution in [-0.2, 0) is 28.6 Å². The van der Waals surface area contributed by atoms with Crippen molar-refractivity contribution in [3.63, 3.8) is 0 Å². The van der Waals surface area contributed by atoms with Gasteiger partial charge >= 0.3 is 17.9 Å². The fraction of sp³-hybridized carbons (Fsp3) is 0.533. The van der Waals surface area contributed by atoms with Crippen molar-refractivity contribution in [3.8, 4) is 0 Å². The minimum Gasteiger partial charge on any atom is -0.462 e. The Morgan fingerprint density at radius 1 is 0.259 bits per heavy atom. The molecule has 0 radical (unpaired) electrons. The molecule has 1 unspecified atom stereocenters. The van der Waals surface area contributed by atoms with E-state index in [4.69, 9.17) is 14.2 Å². The molecule has 6 nitrogen and oxygen atoms in total. The van der Waals surface area contributed by atoms with Gasteiger partial charge in [0.2, 0.25) is 0 Å². The lowest BCUT2D eigenvalue weighted by Gasteiger charge is -2.18. The quantitative estimate of drug-likeness (QED) is 0.0261. The van der Waals surface area contributed by atoms with Crippen LogP contribution < -0.4 is 0 Å². The molecule has 0 amide bonds. The second-order valence-corrected chi connectivity index (χ2v) is 20.2. The summed E-state index contributed by atoms with van der Waals surface area (Å²) < 4.78 is 16.8. The molecular formula is C75H114O6. The lowest BCUT2D eigenvalue weighted by Crippen LogP contribution is -2.30. The highest BCUT2D eigenvalue weighted by atomic mass is 16.6. The van der Waals surface area contributed by atoms with E-state index in [1.807, 2.05) is 0 Å². The standard InChI is InChI=1S/C75H114O6/c1-4-7-10-13-16-19-22-24-26-28-29-30-31-32-33-34-35-36-37-38-39-40-41-42-43-44-45-47-48-50-53-56-59-62-65-68-74(77)80-71-72(70-79-73(76)67-64-61-58-55-52-21-18-15-12-9-6-3)81-75(78)69-66-63-60-57-54-51-49-46-27-25-23-20-17-14-11-8-5-2/h7-8,10-11,15-20,24-27,29-30,32-33,35-36,38-39,41-42,44-45,48-51,57,60,72H,4-6,9,12-14,21-23,28,31,34,37,40,43,46-47,52-56,58-59,61-71H2,1-3H3/b10-7-,11-8-,18-15-,19-16-,20-17-,26-24-,27-25-,30-29-,33-32-,36-35-,39-38-,42-41-,45-44-,50-48-,51-49-,60-57-. The predicted molar refractivity (Wildman–Crippen MR) is 352 cm³/mol. The molecule has 0 aliphatic carbocycles. The Morgan fingerprint density at radius 3 is 0.802 bits per heavy atom. The van der Waals surface area contributed by atoms with Crippen molar-refractivity contribution < 1.29 is 28.6 Å². The molecule has 0 N–H and O–H groups in total. The molecule has 0 aliphatic rings. The highest BCUT2D eigenvalue weighted by molar-refractivity contribution is 5.71. The van der Waals surface area contributed by atoms with Gasteiger partial charge in [-0.05, 0) is 154 Å². The lowest BCUT2D eigenvalue weighted by molar-refractivity contribution is -0.167. The molecule has 0 saturated carbocycles. The smallest absolute Gasteiger partial charge is 0.306 e. The normalized spacial score (nSPS) is 13.5. The summed E-state index contributed by atoms with van der Waals surface area (Å²) in [4.78, 5) is 38.2. The van der Waals surface area contributed by atoms with Crippen LogP contribution in [0.4, 0.5) is 0 Å². The highest BCUT2D eigenvalue weighted by Crippen LogP contribution is 2.12. The molecule has 0 aromatic heterocycles. The maximum absolute atomic E-state index is 12.8. The van der Waals surface area contributed by atoms with Crippen molar-refractivity contribution in [2.45, 2.75) is 245 Å². The van der Waals surface area contributed by atoms with Crippen molar-refractivity contribution in [1.82, 2.24) is 0 Å². The van der Waals surface area contributed by atoms with E-state index in [9.17, 15) is 14.4 Å². The van der Waals surface area contributed by atoms with Crippen molar-refractivity contribution in [2.24, 2.45) is 0 Å². The Labute approximate surface area is 497 Å². The van der Waals surface area contributed by atoms with Crippen LogP contribution >= 0.6 is 0 Å². The summed E-state index contributed by atoms with van der Waals surface area (Å²) in [6.45, 7) is 6.27. The second-order valence-electron chi connectivity index (χ2n) is 20.2. The van der Waals surface area contributed by atoms with E-state index in [0.717, 1.165) is 167 Å². The van der Waals surface area contributed by atoms with E-state index >= 15 is 0 Å². The average Bonchev–Trinajstić information content (AvgIpc) is 3.47. The number of ether oxygens (including phenoxy) is 3. The van der Waals surface area contributed by atoms with Gasteiger partial charge in [-0.2, -0.15) is 0 Å². The summed E-state index contributed by atoms with van der Waals surface area (Å²) in [5, 5.41) is 0. The van der Waals surface area contributed by atoms with Gasteiger partial charge in [-0.1, -0.05) is 260 Å². The zero-order valence-electron chi connectivity index (χ0n) is 51.5. The van der Waals surface area contributed by atoms with Crippen molar-refractivity contribution in [1.29, 1.82) is 0 Å². The van der Waals surface area contributed by atoms with Crippen LogP contribution in [0.25, 0.3) is 0 Å². The first-order valence-corrected chi connectivity index (χ1v) is 31.9. The number of hydrogen-bond acceptors (Lipinski definition) is 6. The SMILES string of the molecule is CC/C=C\C/C=C\C/C=C\C/C=C\C/C=C\C/C=C\C/C=C\C/C=C\C/C=C\C/C=C\CCCCCCC(=O)OCC(COC(=O)CCCCCCC/C=C\CCCC)OC(=O)CCC/C=C\C/C=C\C/C=C\C/C=C\C/C=C\CC. The molecule has 1 atom stereocenters. The Kier molecular flexibility index (Phi) is 62.0. The van der Waals surface area contributed by atoms with Gasteiger partial charge in [0.25, 0.3) is 0 Å². The molecule has 0 saturated heterocycles. The van der Waals surface area contributed by atoms with E-state index in [-0.39, 0.29) is 37.5 Å². The van der Waals surface area contributed by atoms with E-state index < -0.39 is 6.10 Å². The lowest BCUT2D eigenvalue weighted by atomic mass is 10.1. The Balaban J connectivity index is 4.38. The van der Waals surface area contributed by atoms with E-state index in [2.05, 4.69) is 215 Å². The van der Waals surface area contributed by atoms with Gasteiger partial charge in [-0.15, -0.1) is 0 Å². The van der Waals surface area contributed by atoms with Crippen LogP contribution in [0.1, 0.15) is 239 Å². The summed E-state index contributed by atoms with van der Waals surface area (Å²) in [7, 11) is 0. The molecule has 0 aromatic rings. The van der Waals surface area contributed by atoms with Crippen molar-refractivity contribution in [3.05, 3.63) is 194 Å². The van der Waals surface area contributed by atoms with E-state index in [1.165, 1.54) is 25.7 Å². The molecule has 0 aliphatic heterocycles. The van der Waals surface area contributed by atoms with Gasteiger partial charge in [0.15, 0.2) is 6.10 Å². The summed E-state index contributed by atoms with van der Waals surface area (Å²) in [6.07, 6.45) is 102. The summed E-state index contributed by atoms with van der Waals surface area (Å²) in [6, 6.07) is 0. The first-order valence-electron chi connectivity index (χ1n) is 31.9. The summed E-state index contributed by atoms with van der Waals surface area (Å²) in [5.41, 5.74) is 0. The van der Waals surface area contributed by atoms with Crippen LogP contribution in [0.2, 0.25) is 0 Å². The third-order valence-corrected chi connectivity index (χ3v) is 12.6. The molecule has 0 rings (SSSR count). The zero-order valence-corrected chi connectivity index (χ0v) is 51.5. The topological polar surface area (TPSA) is 78.9 Å². The Hall–Kier alpha value is -5.75. The van der Waals surface area contributed by atoms with Gasteiger partial charge in [-0.3, -0.25) is 14.4 Å². The summed E-state index contributed by atoms with van der Waals surface area (Å²) >= 11 is 0. The number of carbonyl (C=O) groups is 3. The molecule has 0 bridgehead atoms. The van der Waals surface area contributed by atoms with Crippen molar-refractivity contribution in [2.75, 3.05) is 13.2 Å². The molecule has 450 valence electrons. The van der Waals surface area contributed by atoms with Crippen LogP contribution in [0.15, 0.2) is 194 Å². The van der Waals surface area contributed by atoms with Crippen LogP contribution in [0, 0.1) is 0 Å². The number of unbranched alkanes of at least 4 members (excludes halogenated alkanes) is 12. The Morgan fingerprint density at radius 2 is 0.494 bits per heavy atom. The van der Waals surface area contributed by atoms with Crippen LogP contribution in [0.3, 0.4) is 0 Å². The molecule has 81 heavy (non-hydrogen) atoms. The maximum atomic E-state index is 12.8. The third kappa shape index (κ3) is 64.9. The molecular weight excluding hydrogens is 997 g/mol. The van der Waals surface area contributed by atoms with E-state index in [1.54, 1.807) is 0 Å². The Bertz CT molecular complexity index is 1950. The molecule has 0 fully saturated rings. The number of esters is 3. The van der Waals surface area contributed by atoms with Gasteiger partial charge in [0.1, 0.15) is 13.2 Å². The average molecular weight is 1110 g/mol. The molecule has 0 heterocycles. The predicted octanol–water partition coefficient (Wildman–Crippen LogP) is 22.2. The van der Waals surface area contributed by atoms with E-state index in [0.29, 0.717) is 19.3 Å². The number of allylic oxidation sites excluding steroid dienone is 32. The monoisotopic (exact) mass is 1110 g/mol. The number of hydrogen-bond donors (Lipinski definition) is 0. The van der Waals surface area contributed by atoms with Crippen LogP contribution in [0.5, 0.6) is 0 Å². The zero-order chi connectivity index (χ0) is 58.5. The first kappa shape index (κ1) is 75.2. The van der Waals surface area contributed by atoms with Crippen molar-refractivity contribution >= 4 is 17.9 Å². The number of carbonyl (C=O) groups excluding carboxylic acids is 3. The third-order valence-electron chi connectivity index (χ3n) is 12.6. The first-order chi connectivity index (χ1) is 40.0. The molecule has 6 heteroatoms. The van der Waals surface area contributed by atoms with Gasteiger partial charge in [0, 0.05) is 19.3 Å². The minimum atomic E-state index is -0.833. The van der Waals surface area contributed by atoms with Gasteiger partial charge < -0.3 is 14.2 Å². The minimum absolute atomic E-state index is 0.123.